The van der Waals surface area contributed by atoms with Crippen molar-refractivity contribution >= 4 is 11.4 Å². The van der Waals surface area contributed by atoms with Crippen molar-refractivity contribution in [3.8, 4) is 11.5 Å². The van der Waals surface area contributed by atoms with E-state index in [0.717, 1.165) is 11.1 Å². The van der Waals surface area contributed by atoms with Crippen LogP contribution in [0.3, 0.4) is 0 Å². The molecule has 0 spiro atoms. The molecule has 0 aliphatic rings. The standard InChI is InChI=1S/C19H16N4O2/c1-22(19(24)16-11-10-15-9-5-6-12-23(15)16)13-17-20-21-18(25-17)14-7-3-2-4-8-14/h2-12H,13H2,1H3. The van der Waals surface area contributed by atoms with E-state index in [2.05, 4.69) is 10.2 Å². The Morgan fingerprint density at radius 1 is 1.04 bits per heavy atom. The van der Waals surface area contributed by atoms with Crippen LogP contribution in [-0.2, 0) is 6.54 Å². The van der Waals surface area contributed by atoms with Crippen LogP contribution in [0.15, 0.2) is 71.3 Å². The summed E-state index contributed by atoms with van der Waals surface area (Å²) in [5, 5.41) is 8.09. The van der Waals surface area contributed by atoms with Crippen LogP contribution >= 0.6 is 0 Å². The van der Waals surface area contributed by atoms with Gasteiger partial charge in [0.25, 0.3) is 5.91 Å². The van der Waals surface area contributed by atoms with Crippen LogP contribution in [0.2, 0.25) is 0 Å². The molecule has 3 aromatic heterocycles. The molecule has 0 fully saturated rings. The molecule has 0 N–H and O–H groups in total. The first-order valence-corrected chi connectivity index (χ1v) is 7.92. The highest BCUT2D eigenvalue weighted by molar-refractivity contribution is 5.93. The van der Waals surface area contributed by atoms with Gasteiger partial charge in [0.1, 0.15) is 5.69 Å². The third-order valence-corrected chi connectivity index (χ3v) is 3.99. The Morgan fingerprint density at radius 2 is 1.84 bits per heavy atom. The van der Waals surface area contributed by atoms with Crippen LogP contribution in [0.5, 0.6) is 0 Å². The molecule has 4 aromatic rings. The second-order valence-corrected chi connectivity index (χ2v) is 5.74. The molecule has 0 saturated heterocycles. The smallest absolute Gasteiger partial charge is 0.271 e. The van der Waals surface area contributed by atoms with Crippen molar-refractivity contribution in [3.05, 3.63) is 78.4 Å². The summed E-state index contributed by atoms with van der Waals surface area (Å²) in [6, 6.07) is 19.1. The maximum atomic E-state index is 12.7. The minimum Gasteiger partial charge on any atom is -0.419 e. The number of amides is 1. The Labute approximate surface area is 144 Å². The van der Waals surface area contributed by atoms with Gasteiger partial charge < -0.3 is 13.7 Å². The largest absolute Gasteiger partial charge is 0.419 e. The molecule has 0 unspecified atom stereocenters. The fourth-order valence-electron chi connectivity index (χ4n) is 2.72. The molecular formula is C19H16N4O2. The average molecular weight is 332 g/mol. The number of hydrogen-bond donors (Lipinski definition) is 0. The van der Waals surface area contributed by atoms with Crippen LogP contribution in [0.4, 0.5) is 0 Å². The monoisotopic (exact) mass is 332 g/mol. The molecule has 124 valence electrons. The van der Waals surface area contributed by atoms with E-state index < -0.39 is 0 Å². The highest BCUT2D eigenvalue weighted by Gasteiger charge is 2.18. The number of fused-ring (bicyclic) bond motifs is 1. The lowest BCUT2D eigenvalue weighted by molar-refractivity contribution is 0.0766. The third kappa shape index (κ3) is 2.89. The van der Waals surface area contributed by atoms with E-state index in [1.807, 2.05) is 71.3 Å². The number of pyridine rings is 1. The second-order valence-electron chi connectivity index (χ2n) is 5.74. The van der Waals surface area contributed by atoms with Crippen molar-refractivity contribution in [2.24, 2.45) is 0 Å². The maximum absolute atomic E-state index is 12.7. The first kappa shape index (κ1) is 15.1. The molecule has 0 atom stereocenters. The van der Waals surface area contributed by atoms with Gasteiger partial charge in [-0.15, -0.1) is 10.2 Å². The molecule has 3 heterocycles. The van der Waals surface area contributed by atoms with E-state index in [4.69, 9.17) is 4.42 Å². The summed E-state index contributed by atoms with van der Waals surface area (Å²) in [7, 11) is 1.72. The van der Waals surface area contributed by atoms with E-state index in [9.17, 15) is 4.79 Å². The number of benzene rings is 1. The zero-order valence-electron chi connectivity index (χ0n) is 13.7. The summed E-state index contributed by atoms with van der Waals surface area (Å²) >= 11 is 0. The fraction of sp³-hybridized carbons (Fsp3) is 0.105. The Bertz CT molecular complexity index is 1020. The van der Waals surface area contributed by atoms with Crippen LogP contribution in [0.25, 0.3) is 17.0 Å². The lowest BCUT2D eigenvalue weighted by Gasteiger charge is -2.14. The predicted molar refractivity (Wildman–Crippen MR) is 92.9 cm³/mol. The summed E-state index contributed by atoms with van der Waals surface area (Å²) in [5.74, 6) is 0.741. The summed E-state index contributed by atoms with van der Waals surface area (Å²) < 4.78 is 7.54. The maximum Gasteiger partial charge on any atom is 0.271 e. The van der Waals surface area contributed by atoms with Gasteiger partial charge in [-0.25, -0.2) is 0 Å². The van der Waals surface area contributed by atoms with Crippen molar-refractivity contribution in [3.63, 3.8) is 0 Å². The molecule has 0 radical (unpaired) electrons. The first-order chi connectivity index (χ1) is 12.2. The van der Waals surface area contributed by atoms with Gasteiger partial charge >= 0.3 is 0 Å². The van der Waals surface area contributed by atoms with E-state index >= 15 is 0 Å². The van der Waals surface area contributed by atoms with Crippen molar-refractivity contribution in [1.29, 1.82) is 0 Å². The second kappa shape index (κ2) is 6.24. The molecule has 0 saturated carbocycles. The quantitative estimate of drug-likeness (QED) is 0.575. The van der Waals surface area contributed by atoms with Gasteiger partial charge in [0.15, 0.2) is 0 Å². The molecule has 0 bridgehead atoms. The fourth-order valence-corrected chi connectivity index (χ4v) is 2.72. The molecule has 6 heteroatoms. The SMILES string of the molecule is CN(Cc1nnc(-c2ccccc2)o1)C(=O)c1ccc2ccccn12. The third-order valence-electron chi connectivity index (χ3n) is 3.99. The Balaban J connectivity index is 1.53. The van der Waals surface area contributed by atoms with Crippen molar-refractivity contribution < 1.29 is 9.21 Å². The summed E-state index contributed by atoms with van der Waals surface area (Å²) in [5.41, 5.74) is 2.43. The minimum atomic E-state index is -0.106. The lowest BCUT2D eigenvalue weighted by atomic mass is 10.2. The normalized spacial score (nSPS) is 10.9. The van der Waals surface area contributed by atoms with Gasteiger partial charge in [-0.05, 0) is 36.4 Å². The number of rotatable bonds is 4. The van der Waals surface area contributed by atoms with Crippen LogP contribution in [-0.4, -0.2) is 32.5 Å². The van der Waals surface area contributed by atoms with Gasteiger partial charge in [-0.2, -0.15) is 0 Å². The van der Waals surface area contributed by atoms with Crippen LogP contribution in [0.1, 0.15) is 16.4 Å². The minimum absolute atomic E-state index is 0.106. The van der Waals surface area contributed by atoms with E-state index in [0.29, 0.717) is 17.5 Å². The first-order valence-electron chi connectivity index (χ1n) is 7.92. The highest BCUT2D eigenvalue weighted by atomic mass is 16.4. The number of carbonyl (C=O) groups excluding carboxylic acids is 1. The van der Waals surface area contributed by atoms with Crippen LogP contribution < -0.4 is 0 Å². The topological polar surface area (TPSA) is 63.6 Å². The summed E-state index contributed by atoms with van der Waals surface area (Å²) in [6.45, 7) is 0.249. The van der Waals surface area contributed by atoms with Gasteiger partial charge in [0.05, 0.1) is 6.54 Å². The Morgan fingerprint density at radius 3 is 2.68 bits per heavy atom. The van der Waals surface area contributed by atoms with Crippen LogP contribution in [0, 0.1) is 0 Å². The molecule has 6 nitrogen and oxygen atoms in total. The van der Waals surface area contributed by atoms with Crippen molar-refractivity contribution in [2.45, 2.75) is 6.54 Å². The average Bonchev–Trinajstić information content (AvgIpc) is 3.29. The van der Waals surface area contributed by atoms with Gasteiger partial charge in [-0.3, -0.25) is 4.79 Å². The number of nitrogens with zero attached hydrogens (tertiary/aromatic N) is 4. The van der Waals surface area contributed by atoms with E-state index in [-0.39, 0.29) is 12.5 Å². The molecule has 0 aliphatic heterocycles. The molecule has 1 amide bonds. The Hall–Kier alpha value is -3.41. The zero-order valence-corrected chi connectivity index (χ0v) is 13.7. The highest BCUT2D eigenvalue weighted by Crippen LogP contribution is 2.18. The van der Waals surface area contributed by atoms with Crippen molar-refractivity contribution in [2.75, 3.05) is 7.05 Å². The molecule has 0 aliphatic carbocycles. The van der Waals surface area contributed by atoms with Gasteiger partial charge in [-0.1, -0.05) is 24.3 Å². The molecule has 4 rings (SSSR count). The summed E-state index contributed by atoms with van der Waals surface area (Å²) in [6.07, 6.45) is 1.87. The summed E-state index contributed by atoms with van der Waals surface area (Å²) in [4.78, 5) is 14.3. The molecular weight excluding hydrogens is 316 g/mol. The Kier molecular flexibility index (Phi) is 3.78. The van der Waals surface area contributed by atoms with E-state index in [1.165, 1.54) is 0 Å². The van der Waals surface area contributed by atoms with Crippen molar-refractivity contribution in [1.82, 2.24) is 19.5 Å². The zero-order chi connectivity index (χ0) is 17.2. The number of aromatic nitrogens is 3. The molecule has 25 heavy (non-hydrogen) atoms. The molecule has 1 aromatic carbocycles. The number of hydrogen-bond acceptors (Lipinski definition) is 4. The van der Waals surface area contributed by atoms with Gasteiger partial charge in [0.2, 0.25) is 11.8 Å². The number of carbonyl (C=O) groups is 1. The predicted octanol–water partition coefficient (Wildman–Crippen LogP) is 3.26. The van der Waals surface area contributed by atoms with Gasteiger partial charge in [0, 0.05) is 24.3 Å². The lowest BCUT2D eigenvalue weighted by Crippen LogP contribution is -2.27. The van der Waals surface area contributed by atoms with E-state index in [1.54, 1.807) is 11.9 Å².